The molecular weight excluding hydrogens is 999 g/mol. The molecule has 1 amide bonds. The molecule has 0 bridgehead atoms. The van der Waals surface area contributed by atoms with Crippen LogP contribution in [0.15, 0.2) is 96.6 Å². The van der Waals surface area contributed by atoms with Crippen molar-refractivity contribution in [2.45, 2.75) is 89.4 Å². The van der Waals surface area contributed by atoms with Crippen LogP contribution < -0.4 is 59.2 Å². The molecule has 3 aromatic heterocycles. The second kappa shape index (κ2) is 25.5. The average Bonchev–Trinajstić information content (AvgIpc) is 3.38. The summed E-state index contributed by atoms with van der Waals surface area (Å²) in [5.74, 6) is -6.77. The number of carbonyl (C=O) groups excluding carboxylic acids is 6. The number of hydrogen-bond acceptors (Lipinski definition) is 23. The molecule has 1 unspecified atom stereocenters. The zero-order valence-electron chi connectivity index (χ0n) is 40.4. The number of nitrogens with one attached hydrogen (secondary N) is 1. The number of unbranched alkanes of at least 4 members (excludes halogenated alkanes) is 4. The molecule has 2 atom stereocenters. The Hall–Kier alpha value is -9.14. The first-order chi connectivity index (χ1) is 36.0. The van der Waals surface area contributed by atoms with Crippen molar-refractivity contribution in [3.8, 4) is 17.2 Å². The number of nitrogens with two attached hydrogens (primary N) is 1. The maximum Gasteiger partial charge on any atom is 0.513 e. The number of esters is 2. The van der Waals surface area contributed by atoms with Crippen molar-refractivity contribution >= 4 is 69.2 Å². The number of fused-ring (bicyclic) bond motifs is 3. The van der Waals surface area contributed by atoms with Crippen LogP contribution in [-0.2, 0) is 46.4 Å². The normalized spacial score (nSPS) is 11.9. The second-order valence-electron chi connectivity index (χ2n) is 16.3. The first-order valence-electron chi connectivity index (χ1n) is 23.0. The number of methoxy groups -OCH3 is 3. The number of para-hydroxylation sites is 3. The van der Waals surface area contributed by atoms with Gasteiger partial charge in [-0.3, -0.25) is 24.0 Å². The third-order valence-electron chi connectivity index (χ3n) is 11.4. The summed E-state index contributed by atoms with van der Waals surface area (Å²) < 4.78 is 51.4. The van der Waals surface area contributed by atoms with Gasteiger partial charge in [0.05, 0.1) is 37.5 Å². The Morgan fingerprint density at radius 3 is 1.47 bits per heavy atom. The summed E-state index contributed by atoms with van der Waals surface area (Å²) in [4.78, 5) is 153. The van der Waals surface area contributed by atoms with E-state index in [1.54, 1.807) is 0 Å². The van der Waals surface area contributed by atoms with E-state index in [2.05, 4.69) is 19.5 Å². The van der Waals surface area contributed by atoms with Crippen LogP contribution in [0.4, 0.5) is 14.4 Å². The molecule has 0 spiro atoms. The van der Waals surface area contributed by atoms with E-state index in [0.29, 0.717) is 11.0 Å². The fraction of sp³-hybridized carbons (Fsp3) is 0.375. The molecule has 27 nitrogen and oxygen atoms in total. The molecule has 0 saturated heterocycles. The SMILES string of the molecule is COC(=O)Oc1cccc2c(=O)n(CCCCCC(=O)OC(=O)[C@@H](N)CCCCNC(=O)C(CCCCn3c(=O)oc4c(OC(=O)OC)cccc4c3=O)n3c(=O)oc4c(OC(=O)OC)cccc4c3=O)c(=O)oc12. The molecule has 27 heteroatoms. The van der Waals surface area contributed by atoms with Crippen molar-refractivity contribution < 1.29 is 75.2 Å². The molecule has 0 aliphatic carbocycles. The molecular formula is C48H49N5O22. The third kappa shape index (κ3) is 13.5. The molecule has 75 heavy (non-hydrogen) atoms. The molecule has 6 rings (SSSR count). The van der Waals surface area contributed by atoms with E-state index in [0.717, 1.165) is 30.5 Å². The summed E-state index contributed by atoms with van der Waals surface area (Å²) in [6.45, 7) is -0.352. The van der Waals surface area contributed by atoms with Crippen molar-refractivity contribution in [1.82, 2.24) is 19.0 Å². The number of benzene rings is 3. The minimum atomic E-state index is -1.53. The first kappa shape index (κ1) is 55.2. The van der Waals surface area contributed by atoms with Crippen LogP contribution >= 0.6 is 0 Å². The van der Waals surface area contributed by atoms with Crippen molar-refractivity contribution in [2.24, 2.45) is 5.73 Å². The Bertz CT molecular complexity index is 3510. The molecule has 0 radical (unpaired) electrons. The van der Waals surface area contributed by atoms with Gasteiger partial charge in [0.25, 0.3) is 16.7 Å². The van der Waals surface area contributed by atoms with Crippen LogP contribution in [0.5, 0.6) is 17.2 Å². The van der Waals surface area contributed by atoms with E-state index < -0.39 is 87.9 Å². The van der Waals surface area contributed by atoms with E-state index in [1.165, 1.54) is 54.6 Å². The highest BCUT2D eigenvalue weighted by molar-refractivity contribution is 5.88. The van der Waals surface area contributed by atoms with Crippen LogP contribution in [0.1, 0.15) is 70.3 Å². The first-order valence-corrected chi connectivity index (χ1v) is 23.0. The lowest BCUT2D eigenvalue weighted by Crippen LogP contribution is -2.43. The highest BCUT2D eigenvalue weighted by atomic mass is 16.7. The van der Waals surface area contributed by atoms with Gasteiger partial charge in [0.2, 0.25) is 5.91 Å². The molecule has 3 aromatic carbocycles. The van der Waals surface area contributed by atoms with Gasteiger partial charge in [0, 0.05) is 26.1 Å². The predicted molar refractivity (Wildman–Crippen MR) is 257 cm³/mol. The summed E-state index contributed by atoms with van der Waals surface area (Å²) in [7, 11) is 3.18. The van der Waals surface area contributed by atoms with Gasteiger partial charge in [-0.15, -0.1) is 0 Å². The largest absolute Gasteiger partial charge is 0.513 e. The van der Waals surface area contributed by atoms with E-state index in [1.807, 2.05) is 0 Å². The lowest BCUT2D eigenvalue weighted by atomic mass is 10.1. The summed E-state index contributed by atoms with van der Waals surface area (Å²) in [6, 6.07) is 9.27. The highest BCUT2D eigenvalue weighted by Gasteiger charge is 2.28. The third-order valence-corrected chi connectivity index (χ3v) is 11.4. The number of ether oxygens (including phenoxy) is 7. The van der Waals surface area contributed by atoms with Gasteiger partial charge >= 0.3 is 47.7 Å². The highest BCUT2D eigenvalue weighted by Crippen LogP contribution is 2.26. The Morgan fingerprint density at radius 2 is 0.987 bits per heavy atom. The smallest absolute Gasteiger partial charge is 0.437 e. The monoisotopic (exact) mass is 1050 g/mol. The van der Waals surface area contributed by atoms with Crippen LogP contribution in [0, 0.1) is 0 Å². The minimum Gasteiger partial charge on any atom is -0.437 e. The van der Waals surface area contributed by atoms with Gasteiger partial charge in [0.1, 0.15) is 12.1 Å². The summed E-state index contributed by atoms with van der Waals surface area (Å²) in [5, 5.41) is 2.30. The topological polar surface area (TPSA) is 362 Å². The number of rotatable bonds is 22. The van der Waals surface area contributed by atoms with E-state index in [9.17, 15) is 57.5 Å². The quantitative estimate of drug-likeness (QED) is 0.0324. The van der Waals surface area contributed by atoms with Crippen LogP contribution in [-0.4, -0.2) is 83.9 Å². The van der Waals surface area contributed by atoms with E-state index >= 15 is 0 Å². The molecule has 0 aliphatic heterocycles. The summed E-state index contributed by atoms with van der Waals surface area (Å²) >= 11 is 0. The van der Waals surface area contributed by atoms with Crippen molar-refractivity contribution in [3.05, 3.63) is 117 Å². The number of aromatic nitrogens is 3. The van der Waals surface area contributed by atoms with E-state index in [-0.39, 0.29) is 122 Å². The second-order valence-corrected chi connectivity index (χ2v) is 16.3. The Morgan fingerprint density at radius 1 is 0.547 bits per heavy atom. The number of hydrogen-bond donors (Lipinski definition) is 2. The van der Waals surface area contributed by atoms with Gasteiger partial charge in [-0.1, -0.05) is 24.6 Å². The van der Waals surface area contributed by atoms with Crippen LogP contribution in [0.3, 0.4) is 0 Å². The Balaban J connectivity index is 1.02. The zero-order chi connectivity index (χ0) is 54.3. The number of amides is 1. The molecule has 398 valence electrons. The molecule has 3 heterocycles. The summed E-state index contributed by atoms with van der Waals surface area (Å²) in [6.07, 6.45) is -2.38. The van der Waals surface area contributed by atoms with Crippen LogP contribution in [0.2, 0.25) is 0 Å². The molecule has 3 N–H and O–H groups in total. The Kier molecular flexibility index (Phi) is 18.8. The van der Waals surface area contributed by atoms with Crippen molar-refractivity contribution in [1.29, 1.82) is 0 Å². The van der Waals surface area contributed by atoms with Gasteiger partial charge in [-0.05, 0) is 87.8 Å². The molecule has 0 saturated carbocycles. The van der Waals surface area contributed by atoms with Gasteiger partial charge in [-0.2, -0.15) is 0 Å². The van der Waals surface area contributed by atoms with Gasteiger partial charge in [0.15, 0.2) is 34.0 Å². The minimum absolute atomic E-state index is 0.0181. The lowest BCUT2D eigenvalue weighted by molar-refractivity contribution is -0.160. The zero-order valence-corrected chi connectivity index (χ0v) is 40.4. The van der Waals surface area contributed by atoms with Crippen LogP contribution in [0.25, 0.3) is 32.9 Å². The number of carbonyl (C=O) groups is 6. The molecule has 6 aromatic rings. The maximum absolute atomic E-state index is 13.9. The van der Waals surface area contributed by atoms with Gasteiger partial charge < -0.3 is 57.5 Å². The lowest BCUT2D eigenvalue weighted by Gasteiger charge is -2.19. The standard InChI is InChI=1S/C48H49N5O22/c1-66-46(63)69-31-19-11-14-26-35(31)73-43(60)51(39(26)56)24-9-4-5-22-34(54)72-42(59)29(49)17-6-8-23-50-38(55)30(53-41(58)28-16-13-21-33(71-48(65)68-3)37(28)75-45(53)62)18-7-10-25-52-40(57)27-15-12-20-32(70-47(64)67-2)36(27)74-44(52)61/h11-16,19-21,29-30H,4-10,17-18,22-25,49H2,1-3H3,(H,50,55)/t29-,30?/m0/s1. The van der Waals surface area contributed by atoms with Crippen molar-refractivity contribution in [3.63, 3.8) is 0 Å². The van der Waals surface area contributed by atoms with Gasteiger partial charge in [-0.25, -0.2) is 47.3 Å². The fourth-order valence-electron chi connectivity index (χ4n) is 7.63. The Labute approximate surface area is 420 Å². The predicted octanol–water partition coefficient (Wildman–Crippen LogP) is 3.28. The molecule has 0 fully saturated rings. The molecule has 0 aliphatic rings. The number of nitrogens with zero attached hydrogens (tertiary/aromatic N) is 3. The fourth-order valence-corrected chi connectivity index (χ4v) is 7.63. The summed E-state index contributed by atoms with van der Waals surface area (Å²) in [5.41, 5.74) is 2.60. The van der Waals surface area contributed by atoms with Crippen molar-refractivity contribution in [2.75, 3.05) is 27.9 Å². The maximum atomic E-state index is 13.9. The average molecular weight is 1050 g/mol. The van der Waals surface area contributed by atoms with E-state index in [4.69, 9.17) is 37.9 Å².